The maximum absolute atomic E-state index is 13.4. The zero-order chi connectivity index (χ0) is 18.4. The lowest BCUT2D eigenvalue weighted by Crippen LogP contribution is -2.24. The molecule has 2 aromatic carbocycles. The predicted molar refractivity (Wildman–Crippen MR) is 98.9 cm³/mol. The fourth-order valence-corrected chi connectivity index (χ4v) is 3.00. The standard InChI is InChI=1S/C16H12Br2FN3O3/c17-10-5-9(6-11(18)16(10)25)8-20-22-15(24)7-14(23)21-13-4-2-1-3-12(13)19/h1-6,8,25H,7H2,(H,21,23)(H,22,24). The summed E-state index contributed by atoms with van der Waals surface area (Å²) in [6, 6.07) is 8.85. The Morgan fingerprint density at radius 2 is 1.80 bits per heavy atom. The summed E-state index contributed by atoms with van der Waals surface area (Å²) >= 11 is 6.35. The van der Waals surface area contributed by atoms with Gasteiger partial charge in [-0.05, 0) is 61.7 Å². The molecular weight excluding hydrogens is 461 g/mol. The lowest BCUT2D eigenvalue weighted by molar-refractivity contribution is -0.126. The second-order valence-corrected chi connectivity index (χ2v) is 6.54. The monoisotopic (exact) mass is 471 g/mol. The van der Waals surface area contributed by atoms with E-state index in [1.54, 1.807) is 18.2 Å². The van der Waals surface area contributed by atoms with Crippen LogP contribution in [0.4, 0.5) is 10.1 Å². The number of hydrogen-bond donors (Lipinski definition) is 3. The lowest BCUT2D eigenvalue weighted by Gasteiger charge is -2.05. The van der Waals surface area contributed by atoms with E-state index >= 15 is 0 Å². The van der Waals surface area contributed by atoms with Gasteiger partial charge in [-0.15, -0.1) is 0 Å². The third-order valence-corrected chi connectivity index (χ3v) is 4.12. The Morgan fingerprint density at radius 3 is 2.44 bits per heavy atom. The Morgan fingerprint density at radius 1 is 1.16 bits per heavy atom. The van der Waals surface area contributed by atoms with Crippen molar-refractivity contribution in [1.82, 2.24) is 5.43 Å². The van der Waals surface area contributed by atoms with Gasteiger partial charge in [0.15, 0.2) is 0 Å². The largest absolute Gasteiger partial charge is 0.506 e. The summed E-state index contributed by atoms with van der Waals surface area (Å²) in [4.78, 5) is 23.4. The molecule has 9 heteroatoms. The van der Waals surface area contributed by atoms with Gasteiger partial charge in [-0.1, -0.05) is 12.1 Å². The Kier molecular flexibility index (Phi) is 6.65. The third kappa shape index (κ3) is 5.64. The van der Waals surface area contributed by atoms with Crippen LogP contribution in [0.3, 0.4) is 0 Å². The first-order valence-electron chi connectivity index (χ1n) is 6.91. The molecule has 2 rings (SSSR count). The minimum Gasteiger partial charge on any atom is -0.506 e. The first-order chi connectivity index (χ1) is 11.9. The number of carbonyl (C=O) groups excluding carboxylic acids is 2. The molecule has 2 amide bonds. The van der Waals surface area contributed by atoms with E-state index in [-0.39, 0.29) is 11.4 Å². The summed E-state index contributed by atoms with van der Waals surface area (Å²) in [5.41, 5.74) is 2.81. The molecule has 25 heavy (non-hydrogen) atoms. The number of phenolic OH excluding ortho intramolecular Hbond substituents is 1. The van der Waals surface area contributed by atoms with E-state index in [1.807, 2.05) is 0 Å². The molecule has 0 unspecified atom stereocenters. The molecule has 0 aromatic heterocycles. The van der Waals surface area contributed by atoms with Gasteiger partial charge >= 0.3 is 0 Å². The van der Waals surface area contributed by atoms with Crippen LogP contribution >= 0.6 is 31.9 Å². The zero-order valence-corrected chi connectivity index (χ0v) is 15.8. The molecule has 0 radical (unpaired) electrons. The maximum atomic E-state index is 13.4. The molecule has 0 aliphatic heterocycles. The highest BCUT2D eigenvalue weighted by Crippen LogP contribution is 2.32. The van der Waals surface area contributed by atoms with Crippen molar-refractivity contribution >= 4 is 55.6 Å². The number of amides is 2. The number of nitrogens with zero attached hydrogens (tertiary/aromatic N) is 1. The van der Waals surface area contributed by atoms with Gasteiger partial charge in [0.2, 0.25) is 11.8 Å². The van der Waals surface area contributed by atoms with Crippen molar-refractivity contribution in [3.63, 3.8) is 0 Å². The highest BCUT2D eigenvalue weighted by molar-refractivity contribution is 9.11. The SMILES string of the molecule is O=C(CC(=O)Nc1ccccc1F)NN=Cc1cc(Br)c(O)c(Br)c1. The van der Waals surface area contributed by atoms with Crippen LogP contribution in [0.2, 0.25) is 0 Å². The Balaban J connectivity index is 1.88. The Hall–Kier alpha value is -2.26. The Bertz CT molecular complexity index is 820. The summed E-state index contributed by atoms with van der Waals surface area (Å²) in [5, 5.41) is 15.6. The van der Waals surface area contributed by atoms with Crippen molar-refractivity contribution < 1.29 is 19.1 Å². The van der Waals surface area contributed by atoms with E-state index in [9.17, 15) is 19.1 Å². The number of aromatic hydroxyl groups is 1. The molecule has 0 bridgehead atoms. The normalized spacial score (nSPS) is 10.7. The fraction of sp³-hybridized carbons (Fsp3) is 0.0625. The van der Waals surface area contributed by atoms with Gasteiger partial charge in [0.05, 0.1) is 20.8 Å². The van der Waals surface area contributed by atoms with E-state index in [0.29, 0.717) is 14.5 Å². The van der Waals surface area contributed by atoms with Gasteiger partial charge in [-0.25, -0.2) is 9.82 Å². The second kappa shape index (κ2) is 8.72. The summed E-state index contributed by atoms with van der Waals surface area (Å²) in [6.07, 6.45) is 0.844. The van der Waals surface area contributed by atoms with Gasteiger partial charge in [0.1, 0.15) is 18.0 Å². The summed E-state index contributed by atoms with van der Waals surface area (Å²) in [6.45, 7) is 0. The maximum Gasteiger partial charge on any atom is 0.249 e. The summed E-state index contributed by atoms with van der Waals surface area (Å²) < 4.78 is 14.3. The number of hydrazone groups is 1. The summed E-state index contributed by atoms with van der Waals surface area (Å²) in [7, 11) is 0. The van der Waals surface area contributed by atoms with Gasteiger partial charge in [-0.3, -0.25) is 9.59 Å². The first-order valence-corrected chi connectivity index (χ1v) is 8.49. The number of rotatable bonds is 5. The minimum absolute atomic E-state index is 0.00240. The van der Waals surface area contributed by atoms with E-state index < -0.39 is 24.1 Å². The number of halogens is 3. The van der Waals surface area contributed by atoms with Crippen LogP contribution in [0.5, 0.6) is 5.75 Å². The fourth-order valence-electron chi connectivity index (χ4n) is 1.78. The zero-order valence-electron chi connectivity index (χ0n) is 12.6. The number of anilines is 1. The van der Waals surface area contributed by atoms with Gasteiger partial charge in [0.25, 0.3) is 0 Å². The van der Waals surface area contributed by atoms with Crippen LogP contribution in [0.1, 0.15) is 12.0 Å². The van der Waals surface area contributed by atoms with Crippen LogP contribution in [-0.2, 0) is 9.59 Å². The number of carbonyl (C=O) groups is 2. The van der Waals surface area contributed by atoms with Crippen LogP contribution in [0, 0.1) is 5.82 Å². The smallest absolute Gasteiger partial charge is 0.249 e. The number of phenols is 1. The van der Waals surface area contributed by atoms with Crippen molar-refractivity contribution in [2.45, 2.75) is 6.42 Å². The number of para-hydroxylation sites is 1. The lowest BCUT2D eigenvalue weighted by atomic mass is 10.2. The number of nitrogens with one attached hydrogen (secondary N) is 2. The summed E-state index contributed by atoms with van der Waals surface area (Å²) in [5.74, 6) is -1.85. The van der Waals surface area contributed by atoms with Crippen molar-refractivity contribution in [2.75, 3.05) is 5.32 Å². The molecule has 0 saturated heterocycles. The molecule has 6 nitrogen and oxygen atoms in total. The van der Waals surface area contributed by atoms with Crippen molar-refractivity contribution in [3.05, 3.63) is 56.7 Å². The van der Waals surface area contributed by atoms with E-state index in [1.165, 1.54) is 24.4 Å². The molecule has 0 spiro atoms. The third-order valence-electron chi connectivity index (χ3n) is 2.91. The molecule has 0 saturated carbocycles. The van der Waals surface area contributed by atoms with E-state index in [4.69, 9.17) is 0 Å². The molecule has 3 N–H and O–H groups in total. The quantitative estimate of drug-likeness (QED) is 0.353. The average Bonchev–Trinajstić information content (AvgIpc) is 2.54. The second-order valence-electron chi connectivity index (χ2n) is 4.83. The number of benzene rings is 2. The first kappa shape index (κ1) is 19.1. The average molecular weight is 473 g/mol. The van der Waals surface area contributed by atoms with Crippen LogP contribution in [0.15, 0.2) is 50.4 Å². The molecule has 0 atom stereocenters. The predicted octanol–water partition coefficient (Wildman–Crippen LogP) is 3.54. The molecule has 130 valence electrons. The minimum atomic E-state index is -0.659. The van der Waals surface area contributed by atoms with Crippen molar-refractivity contribution in [2.24, 2.45) is 5.10 Å². The Labute approximate surface area is 159 Å². The highest BCUT2D eigenvalue weighted by Gasteiger charge is 2.11. The molecule has 0 aliphatic carbocycles. The van der Waals surface area contributed by atoms with Crippen molar-refractivity contribution in [3.8, 4) is 5.75 Å². The van der Waals surface area contributed by atoms with Crippen LogP contribution in [0.25, 0.3) is 0 Å². The van der Waals surface area contributed by atoms with Gasteiger partial charge in [-0.2, -0.15) is 5.10 Å². The van der Waals surface area contributed by atoms with Crippen molar-refractivity contribution in [1.29, 1.82) is 0 Å². The number of hydrogen-bond acceptors (Lipinski definition) is 4. The molecule has 2 aromatic rings. The molecular formula is C16H12Br2FN3O3. The molecule has 0 fully saturated rings. The van der Waals surface area contributed by atoms with Gasteiger partial charge < -0.3 is 10.4 Å². The highest BCUT2D eigenvalue weighted by atomic mass is 79.9. The topological polar surface area (TPSA) is 90.8 Å². The van der Waals surface area contributed by atoms with Gasteiger partial charge in [0, 0.05) is 0 Å². The van der Waals surface area contributed by atoms with Crippen LogP contribution in [-0.4, -0.2) is 23.1 Å². The van der Waals surface area contributed by atoms with E-state index in [0.717, 1.165) is 0 Å². The van der Waals surface area contributed by atoms with Crippen LogP contribution < -0.4 is 10.7 Å². The van der Waals surface area contributed by atoms with E-state index in [2.05, 4.69) is 47.7 Å². The molecule has 0 heterocycles. The molecule has 0 aliphatic rings.